The highest BCUT2D eigenvalue weighted by Gasteiger charge is 2.08. The standard InChI is InChI=1S/C3H6BrClO2/c4-1-2(6)3(5)7/h2-3,6-7H,1H2. The molecule has 0 aliphatic heterocycles. The first-order chi connectivity index (χ1) is 3.18. The van der Waals surface area contributed by atoms with E-state index in [4.69, 9.17) is 21.8 Å². The Balaban J connectivity index is 3.14. The van der Waals surface area contributed by atoms with Crippen LogP contribution < -0.4 is 0 Å². The molecule has 2 unspecified atom stereocenters. The van der Waals surface area contributed by atoms with E-state index in [0.717, 1.165) is 0 Å². The van der Waals surface area contributed by atoms with Crippen molar-refractivity contribution in [1.29, 1.82) is 0 Å². The highest BCUT2D eigenvalue weighted by atomic mass is 79.9. The first-order valence-corrected chi connectivity index (χ1v) is 3.30. The van der Waals surface area contributed by atoms with E-state index in [0.29, 0.717) is 5.33 Å². The highest BCUT2D eigenvalue weighted by molar-refractivity contribution is 9.09. The van der Waals surface area contributed by atoms with Gasteiger partial charge in [-0.3, -0.25) is 0 Å². The van der Waals surface area contributed by atoms with E-state index in [1.54, 1.807) is 0 Å². The molecular formula is C3H6BrClO2. The normalized spacial score (nSPS) is 18.9. The van der Waals surface area contributed by atoms with Crippen molar-refractivity contribution in [3.63, 3.8) is 0 Å². The molecule has 0 saturated heterocycles. The zero-order chi connectivity index (χ0) is 5.86. The Bertz CT molecular complexity index is 50.2. The van der Waals surface area contributed by atoms with Crippen LogP contribution in [0.2, 0.25) is 0 Å². The number of rotatable bonds is 2. The molecule has 0 bridgehead atoms. The molecule has 2 N–H and O–H groups in total. The molecule has 7 heavy (non-hydrogen) atoms. The van der Waals surface area contributed by atoms with Crippen molar-refractivity contribution < 1.29 is 10.2 Å². The first kappa shape index (κ1) is 7.69. The summed E-state index contributed by atoms with van der Waals surface area (Å²) in [6.45, 7) is 0. The van der Waals surface area contributed by atoms with Gasteiger partial charge >= 0.3 is 0 Å². The second kappa shape index (κ2) is 3.66. The number of aliphatic hydroxyl groups excluding tert-OH is 2. The molecule has 0 saturated carbocycles. The van der Waals surface area contributed by atoms with Crippen molar-refractivity contribution in [2.75, 3.05) is 5.33 Å². The lowest BCUT2D eigenvalue weighted by Crippen LogP contribution is -2.20. The Hall–Kier alpha value is 0.690. The van der Waals surface area contributed by atoms with Gasteiger partial charge in [0.15, 0.2) is 5.56 Å². The van der Waals surface area contributed by atoms with Crippen LogP contribution >= 0.6 is 27.5 Å². The third-order valence-corrected chi connectivity index (χ3v) is 1.43. The molecule has 0 aliphatic carbocycles. The lowest BCUT2D eigenvalue weighted by molar-refractivity contribution is 0.0869. The lowest BCUT2D eigenvalue weighted by atomic mass is 10.4. The molecular weight excluding hydrogens is 183 g/mol. The zero-order valence-electron chi connectivity index (χ0n) is 3.51. The van der Waals surface area contributed by atoms with Gasteiger partial charge in [-0.25, -0.2) is 0 Å². The maximum absolute atomic E-state index is 8.51. The minimum Gasteiger partial charge on any atom is -0.388 e. The van der Waals surface area contributed by atoms with Gasteiger partial charge in [-0.15, -0.1) is 0 Å². The van der Waals surface area contributed by atoms with Gasteiger partial charge in [-0.2, -0.15) is 0 Å². The Kier molecular flexibility index (Phi) is 4.02. The van der Waals surface area contributed by atoms with Crippen LogP contribution in [0.4, 0.5) is 0 Å². The van der Waals surface area contributed by atoms with E-state index in [9.17, 15) is 0 Å². The van der Waals surface area contributed by atoms with Crippen LogP contribution in [0.15, 0.2) is 0 Å². The van der Waals surface area contributed by atoms with E-state index in [-0.39, 0.29) is 0 Å². The van der Waals surface area contributed by atoms with Gasteiger partial charge < -0.3 is 10.2 Å². The van der Waals surface area contributed by atoms with Crippen molar-refractivity contribution in [1.82, 2.24) is 0 Å². The summed E-state index contributed by atoms with van der Waals surface area (Å²) in [6, 6.07) is 0. The Labute approximate surface area is 55.2 Å². The smallest absolute Gasteiger partial charge is 0.154 e. The minimum atomic E-state index is -1.15. The quantitative estimate of drug-likeness (QED) is 0.614. The molecule has 0 aromatic heterocycles. The van der Waals surface area contributed by atoms with E-state index in [2.05, 4.69) is 15.9 Å². The lowest BCUT2D eigenvalue weighted by Gasteiger charge is -2.05. The topological polar surface area (TPSA) is 40.5 Å². The molecule has 0 spiro atoms. The van der Waals surface area contributed by atoms with Crippen molar-refractivity contribution >= 4 is 27.5 Å². The molecule has 0 amide bonds. The Morgan fingerprint density at radius 1 is 1.57 bits per heavy atom. The van der Waals surface area contributed by atoms with E-state index < -0.39 is 11.7 Å². The average molecular weight is 189 g/mol. The van der Waals surface area contributed by atoms with Crippen LogP contribution in [0.25, 0.3) is 0 Å². The second-order valence-corrected chi connectivity index (χ2v) is 2.19. The van der Waals surface area contributed by atoms with Gasteiger partial charge in [-0.1, -0.05) is 27.5 Å². The van der Waals surface area contributed by atoms with Gasteiger partial charge in [0.1, 0.15) is 6.10 Å². The second-order valence-electron chi connectivity index (χ2n) is 1.09. The minimum absolute atomic E-state index is 0.303. The third kappa shape index (κ3) is 3.29. The summed E-state index contributed by atoms with van der Waals surface area (Å²) in [5.41, 5.74) is -1.15. The Morgan fingerprint density at radius 2 is 2.00 bits per heavy atom. The summed E-state index contributed by atoms with van der Waals surface area (Å²) < 4.78 is 0. The molecule has 2 atom stereocenters. The largest absolute Gasteiger partial charge is 0.388 e. The van der Waals surface area contributed by atoms with Gasteiger partial charge in [0.05, 0.1) is 0 Å². The highest BCUT2D eigenvalue weighted by Crippen LogP contribution is 2.00. The Morgan fingerprint density at radius 3 is 2.00 bits per heavy atom. The number of halogens is 2. The third-order valence-electron chi connectivity index (χ3n) is 0.476. The molecule has 2 nitrogen and oxygen atoms in total. The predicted molar refractivity (Wildman–Crippen MR) is 31.7 cm³/mol. The van der Waals surface area contributed by atoms with E-state index in [1.807, 2.05) is 0 Å². The summed E-state index contributed by atoms with van der Waals surface area (Å²) in [6.07, 6.45) is -0.860. The van der Waals surface area contributed by atoms with Crippen LogP contribution in [0.1, 0.15) is 0 Å². The molecule has 0 aliphatic rings. The summed E-state index contributed by atoms with van der Waals surface area (Å²) in [7, 11) is 0. The van der Waals surface area contributed by atoms with Crippen LogP contribution in [-0.2, 0) is 0 Å². The van der Waals surface area contributed by atoms with Gasteiger partial charge in [0, 0.05) is 5.33 Å². The number of aliphatic hydroxyl groups is 2. The number of hydrogen-bond donors (Lipinski definition) is 2. The summed E-state index contributed by atoms with van der Waals surface area (Å²) >= 11 is 7.92. The van der Waals surface area contributed by atoms with Gasteiger partial charge in [-0.05, 0) is 0 Å². The molecule has 0 heterocycles. The maximum atomic E-state index is 8.51. The SMILES string of the molecule is OC(Cl)C(O)CBr. The van der Waals surface area contributed by atoms with Crippen molar-refractivity contribution in [3.05, 3.63) is 0 Å². The monoisotopic (exact) mass is 188 g/mol. The summed E-state index contributed by atoms with van der Waals surface area (Å²) in [5, 5.41) is 17.1. The molecule has 0 fully saturated rings. The average Bonchev–Trinajstić information content (AvgIpc) is 1.65. The van der Waals surface area contributed by atoms with Crippen LogP contribution in [0.3, 0.4) is 0 Å². The number of hydrogen-bond acceptors (Lipinski definition) is 2. The summed E-state index contributed by atoms with van der Waals surface area (Å²) in [5.74, 6) is 0. The van der Waals surface area contributed by atoms with Crippen molar-refractivity contribution in [2.45, 2.75) is 11.7 Å². The molecule has 44 valence electrons. The summed E-state index contributed by atoms with van der Waals surface area (Å²) in [4.78, 5) is 0. The zero-order valence-corrected chi connectivity index (χ0v) is 5.85. The molecule has 0 aromatic carbocycles. The predicted octanol–water partition coefficient (Wildman–Crippen LogP) is 0.299. The first-order valence-electron chi connectivity index (χ1n) is 1.74. The van der Waals surface area contributed by atoms with Crippen molar-refractivity contribution in [2.24, 2.45) is 0 Å². The maximum Gasteiger partial charge on any atom is 0.154 e. The fourth-order valence-electron chi connectivity index (χ4n) is 0.0735. The van der Waals surface area contributed by atoms with Crippen molar-refractivity contribution in [3.8, 4) is 0 Å². The number of alkyl halides is 2. The van der Waals surface area contributed by atoms with Gasteiger partial charge in [0.25, 0.3) is 0 Å². The van der Waals surface area contributed by atoms with E-state index in [1.165, 1.54) is 0 Å². The fraction of sp³-hybridized carbons (Fsp3) is 1.00. The molecule has 0 rings (SSSR count). The fourth-order valence-corrected chi connectivity index (χ4v) is 0.732. The van der Waals surface area contributed by atoms with Crippen LogP contribution in [-0.4, -0.2) is 27.2 Å². The van der Waals surface area contributed by atoms with Crippen LogP contribution in [0, 0.1) is 0 Å². The molecule has 0 aromatic rings. The molecule has 4 heteroatoms. The van der Waals surface area contributed by atoms with E-state index >= 15 is 0 Å². The van der Waals surface area contributed by atoms with Crippen LogP contribution in [0.5, 0.6) is 0 Å². The molecule has 0 radical (unpaired) electrons. The van der Waals surface area contributed by atoms with Gasteiger partial charge in [0.2, 0.25) is 0 Å².